The lowest BCUT2D eigenvalue weighted by molar-refractivity contribution is -0.151. The number of ether oxygens (including phenoxy) is 2. The predicted octanol–water partition coefficient (Wildman–Crippen LogP) is 1.90. The SMILES string of the molecule is CCOC(=O)C(CC)Oc1cccc(CO)c1. The molecule has 1 unspecified atom stereocenters. The number of hydrogen-bond donors (Lipinski definition) is 1. The molecule has 0 aromatic heterocycles. The van der Waals surface area contributed by atoms with Crippen LogP contribution in [0, 0.1) is 0 Å². The molecule has 0 aliphatic rings. The lowest BCUT2D eigenvalue weighted by Crippen LogP contribution is -2.28. The third kappa shape index (κ3) is 4.07. The van der Waals surface area contributed by atoms with Crippen LogP contribution in [-0.2, 0) is 16.1 Å². The normalized spacial score (nSPS) is 11.9. The first kappa shape index (κ1) is 13.5. The molecule has 0 amide bonds. The van der Waals surface area contributed by atoms with Gasteiger partial charge in [-0.1, -0.05) is 19.1 Å². The molecule has 0 aliphatic heterocycles. The Hall–Kier alpha value is -1.55. The van der Waals surface area contributed by atoms with E-state index in [-0.39, 0.29) is 12.6 Å². The Balaban J connectivity index is 2.69. The third-order valence-electron chi connectivity index (χ3n) is 2.28. The summed E-state index contributed by atoms with van der Waals surface area (Å²) >= 11 is 0. The van der Waals surface area contributed by atoms with Crippen LogP contribution >= 0.6 is 0 Å². The van der Waals surface area contributed by atoms with Gasteiger partial charge >= 0.3 is 5.97 Å². The van der Waals surface area contributed by atoms with E-state index >= 15 is 0 Å². The average Bonchev–Trinajstić information content (AvgIpc) is 2.36. The van der Waals surface area contributed by atoms with E-state index in [1.807, 2.05) is 6.92 Å². The zero-order valence-electron chi connectivity index (χ0n) is 10.2. The summed E-state index contributed by atoms with van der Waals surface area (Å²) in [6.45, 7) is 3.91. The van der Waals surface area contributed by atoms with E-state index in [0.29, 0.717) is 18.8 Å². The summed E-state index contributed by atoms with van der Waals surface area (Å²) in [5.41, 5.74) is 0.751. The largest absolute Gasteiger partial charge is 0.479 e. The lowest BCUT2D eigenvalue weighted by Gasteiger charge is -2.16. The molecule has 0 spiro atoms. The van der Waals surface area contributed by atoms with Crippen molar-refractivity contribution in [3.05, 3.63) is 29.8 Å². The molecule has 1 aromatic rings. The van der Waals surface area contributed by atoms with Crippen molar-refractivity contribution >= 4 is 5.97 Å². The molecule has 0 radical (unpaired) electrons. The van der Waals surface area contributed by atoms with Gasteiger partial charge in [-0.05, 0) is 31.0 Å². The summed E-state index contributed by atoms with van der Waals surface area (Å²) in [7, 11) is 0. The summed E-state index contributed by atoms with van der Waals surface area (Å²) in [5.74, 6) is 0.209. The van der Waals surface area contributed by atoms with Crippen molar-refractivity contribution in [3.63, 3.8) is 0 Å². The number of aliphatic hydroxyl groups excluding tert-OH is 1. The Morgan fingerprint density at radius 1 is 1.41 bits per heavy atom. The molecule has 0 saturated carbocycles. The fourth-order valence-electron chi connectivity index (χ4n) is 1.41. The highest BCUT2D eigenvalue weighted by atomic mass is 16.6. The second kappa shape index (κ2) is 6.91. The molecular formula is C13H18O4. The van der Waals surface area contributed by atoms with Crippen molar-refractivity contribution in [2.45, 2.75) is 33.0 Å². The summed E-state index contributed by atoms with van der Waals surface area (Å²) < 4.78 is 10.4. The van der Waals surface area contributed by atoms with Crippen molar-refractivity contribution in [1.82, 2.24) is 0 Å². The Morgan fingerprint density at radius 2 is 2.18 bits per heavy atom. The Bertz CT molecular complexity index is 362. The summed E-state index contributed by atoms with van der Waals surface area (Å²) in [6.07, 6.45) is -0.0498. The van der Waals surface area contributed by atoms with Gasteiger partial charge in [0.25, 0.3) is 0 Å². The van der Waals surface area contributed by atoms with E-state index < -0.39 is 6.10 Å². The minimum absolute atomic E-state index is 0.0482. The minimum atomic E-state index is -0.594. The van der Waals surface area contributed by atoms with E-state index in [2.05, 4.69) is 0 Å². The van der Waals surface area contributed by atoms with Gasteiger partial charge in [0.15, 0.2) is 6.10 Å². The van der Waals surface area contributed by atoms with Gasteiger partial charge in [-0.25, -0.2) is 4.79 Å². The molecule has 4 nitrogen and oxygen atoms in total. The van der Waals surface area contributed by atoms with Crippen LogP contribution < -0.4 is 4.74 Å². The van der Waals surface area contributed by atoms with Crippen LogP contribution in [0.25, 0.3) is 0 Å². The van der Waals surface area contributed by atoms with Gasteiger partial charge in [-0.2, -0.15) is 0 Å². The summed E-state index contributed by atoms with van der Waals surface area (Å²) in [6, 6.07) is 7.03. The zero-order valence-corrected chi connectivity index (χ0v) is 10.2. The molecule has 0 saturated heterocycles. The van der Waals surface area contributed by atoms with Crippen LogP contribution in [0.2, 0.25) is 0 Å². The van der Waals surface area contributed by atoms with E-state index in [4.69, 9.17) is 14.6 Å². The highest BCUT2D eigenvalue weighted by molar-refractivity contribution is 5.75. The number of rotatable bonds is 6. The molecular weight excluding hydrogens is 220 g/mol. The summed E-state index contributed by atoms with van der Waals surface area (Å²) in [4.78, 5) is 11.5. The maximum absolute atomic E-state index is 11.5. The molecule has 0 bridgehead atoms. The molecule has 1 N–H and O–H groups in total. The van der Waals surface area contributed by atoms with Gasteiger partial charge in [0.1, 0.15) is 5.75 Å². The molecule has 1 atom stereocenters. The van der Waals surface area contributed by atoms with Crippen molar-refractivity contribution in [3.8, 4) is 5.75 Å². The number of carbonyl (C=O) groups excluding carboxylic acids is 1. The number of aliphatic hydroxyl groups is 1. The zero-order chi connectivity index (χ0) is 12.7. The van der Waals surface area contributed by atoms with E-state index in [1.54, 1.807) is 31.2 Å². The lowest BCUT2D eigenvalue weighted by atomic mass is 10.2. The molecule has 0 heterocycles. The standard InChI is InChI=1S/C13H18O4/c1-3-12(13(15)16-4-2)17-11-7-5-6-10(8-11)9-14/h5-8,12,14H,3-4,9H2,1-2H3. The van der Waals surface area contributed by atoms with Crippen LogP contribution in [0.5, 0.6) is 5.75 Å². The minimum Gasteiger partial charge on any atom is -0.479 e. The number of benzene rings is 1. The van der Waals surface area contributed by atoms with Gasteiger partial charge in [0, 0.05) is 0 Å². The highest BCUT2D eigenvalue weighted by Gasteiger charge is 2.19. The molecule has 17 heavy (non-hydrogen) atoms. The van der Waals surface area contributed by atoms with Gasteiger partial charge in [0.2, 0.25) is 0 Å². The van der Waals surface area contributed by atoms with Crippen LogP contribution in [0.4, 0.5) is 0 Å². The van der Waals surface area contributed by atoms with E-state index in [1.165, 1.54) is 0 Å². The van der Waals surface area contributed by atoms with E-state index in [9.17, 15) is 4.79 Å². The van der Waals surface area contributed by atoms with Gasteiger partial charge < -0.3 is 14.6 Å². The monoisotopic (exact) mass is 238 g/mol. The quantitative estimate of drug-likeness (QED) is 0.769. The van der Waals surface area contributed by atoms with Crippen LogP contribution in [0.1, 0.15) is 25.8 Å². The van der Waals surface area contributed by atoms with Crippen LogP contribution in [0.15, 0.2) is 24.3 Å². The molecule has 0 aliphatic carbocycles. The van der Waals surface area contributed by atoms with Gasteiger partial charge in [0.05, 0.1) is 13.2 Å². The molecule has 0 fully saturated rings. The Labute approximate surface area is 101 Å². The fraction of sp³-hybridized carbons (Fsp3) is 0.462. The molecule has 1 aromatic carbocycles. The average molecular weight is 238 g/mol. The number of esters is 1. The topological polar surface area (TPSA) is 55.8 Å². The van der Waals surface area contributed by atoms with Crippen molar-refractivity contribution < 1.29 is 19.4 Å². The van der Waals surface area contributed by atoms with Crippen molar-refractivity contribution in [1.29, 1.82) is 0 Å². The third-order valence-corrected chi connectivity index (χ3v) is 2.28. The maximum atomic E-state index is 11.5. The Morgan fingerprint density at radius 3 is 2.76 bits per heavy atom. The number of hydrogen-bond acceptors (Lipinski definition) is 4. The second-order valence-electron chi connectivity index (χ2n) is 3.57. The molecule has 1 rings (SSSR count). The highest BCUT2D eigenvalue weighted by Crippen LogP contribution is 2.16. The van der Waals surface area contributed by atoms with Gasteiger partial charge in [-0.3, -0.25) is 0 Å². The summed E-state index contributed by atoms with van der Waals surface area (Å²) in [5, 5.41) is 9.00. The number of carbonyl (C=O) groups is 1. The first-order valence-corrected chi connectivity index (χ1v) is 5.74. The van der Waals surface area contributed by atoms with Crippen LogP contribution in [-0.4, -0.2) is 23.8 Å². The Kier molecular flexibility index (Phi) is 5.49. The first-order valence-electron chi connectivity index (χ1n) is 5.74. The van der Waals surface area contributed by atoms with Crippen molar-refractivity contribution in [2.75, 3.05) is 6.61 Å². The van der Waals surface area contributed by atoms with Crippen LogP contribution in [0.3, 0.4) is 0 Å². The molecule has 94 valence electrons. The fourth-order valence-corrected chi connectivity index (χ4v) is 1.41. The first-order chi connectivity index (χ1) is 8.21. The smallest absolute Gasteiger partial charge is 0.347 e. The second-order valence-corrected chi connectivity index (χ2v) is 3.57. The van der Waals surface area contributed by atoms with E-state index in [0.717, 1.165) is 5.56 Å². The van der Waals surface area contributed by atoms with Crippen molar-refractivity contribution in [2.24, 2.45) is 0 Å². The maximum Gasteiger partial charge on any atom is 0.347 e. The molecule has 4 heteroatoms. The van der Waals surface area contributed by atoms with Gasteiger partial charge in [-0.15, -0.1) is 0 Å². The predicted molar refractivity (Wildman–Crippen MR) is 63.7 cm³/mol.